The number of ether oxygens (including phenoxy) is 1. The van der Waals surface area contributed by atoms with Gasteiger partial charge >= 0.3 is 5.97 Å². The third-order valence-electron chi connectivity index (χ3n) is 1.97. The molecule has 0 unspecified atom stereocenters. The Bertz CT molecular complexity index is 558. The molecule has 0 aromatic carbocycles. The smallest absolute Gasteiger partial charge is 0.354 e. The number of carbonyl (C=O) groups excluding carboxylic acids is 1. The van der Waals surface area contributed by atoms with Gasteiger partial charge in [-0.05, 0) is 16.4 Å². The molecule has 0 atom stereocenters. The Balaban J connectivity index is 3.20. The molecular weight excluding hydrogens is 254 g/mol. The average molecular weight is 263 g/mol. The fourth-order valence-electron chi connectivity index (χ4n) is 1.14. The predicted molar refractivity (Wildman–Crippen MR) is 67.2 cm³/mol. The summed E-state index contributed by atoms with van der Waals surface area (Å²) in [6.07, 6.45) is 2.19. The second kappa shape index (κ2) is 6.10. The van der Waals surface area contributed by atoms with Crippen molar-refractivity contribution < 1.29 is 9.53 Å². The molecule has 0 radical (unpaired) electrons. The third kappa shape index (κ3) is 3.49. The summed E-state index contributed by atoms with van der Waals surface area (Å²) in [5.41, 5.74) is -0.235. The first-order valence-corrected chi connectivity index (χ1v) is 4.83. The lowest BCUT2D eigenvalue weighted by atomic mass is 10.2. The van der Waals surface area contributed by atoms with E-state index in [4.69, 9.17) is 5.41 Å². The number of hydrogen-bond acceptors (Lipinski definition) is 8. The van der Waals surface area contributed by atoms with E-state index in [1.54, 1.807) is 0 Å². The number of hydrogen-bond donors (Lipinski definition) is 2. The highest BCUT2D eigenvalue weighted by Crippen LogP contribution is 2.13. The van der Waals surface area contributed by atoms with Gasteiger partial charge in [-0.25, -0.2) is 9.79 Å². The lowest BCUT2D eigenvalue weighted by Crippen LogP contribution is -2.26. The van der Waals surface area contributed by atoms with Crippen LogP contribution in [0.1, 0.15) is 0 Å². The van der Waals surface area contributed by atoms with Gasteiger partial charge in [-0.2, -0.15) is 0 Å². The lowest BCUT2D eigenvalue weighted by Gasteiger charge is -2.15. The van der Waals surface area contributed by atoms with Gasteiger partial charge in [0.2, 0.25) is 0 Å². The maximum Gasteiger partial charge on any atom is 0.354 e. The minimum absolute atomic E-state index is 0.0131. The number of carbonyl (C=O) groups is 1. The van der Waals surface area contributed by atoms with E-state index in [9.17, 15) is 14.6 Å². The first-order valence-electron chi connectivity index (χ1n) is 4.83. The summed E-state index contributed by atoms with van der Waals surface area (Å²) < 4.78 is 4.50. The number of esters is 1. The van der Waals surface area contributed by atoms with Gasteiger partial charge in [0.15, 0.2) is 5.84 Å². The molecule has 0 fully saturated rings. The van der Waals surface area contributed by atoms with E-state index in [0.29, 0.717) is 0 Å². The highest BCUT2D eigenvalue weighted by Gasteiger charge is 2.19. The summed E-state index contributed by atoms with van der Waals surface area (Å²) in [5, 5.41) is 14.6. The molecule has 19 heavy (non-hydrogen) atoms. The second-order valence-corrected chi connectivity index (χ2v) is 3.22. The highest BCUT2D eigenvalue weighted by atomic mass is 16.5. The predicted octanol–water partition coefficient (Wildman–Crippen LogP) is 0.953. The minimum Gasteiger partial charge on any atom is -0.464 e. The van der Waals surface area contributed by atoms with E-state index in [-0.39, 0.29) is 22.9 Å². The molecule has 0 saturated carbocycles. The van der Waals surface area contributed by atoms with E-state index in [2.05, 4.69) is 32.0 Å². The monoisotopic (exact) mass is 263 g/mol. The van der Waals surface area contributed by atoms with Crippen LogP contribution >= 0.6 is 0 Å². The van der Waals surface area contributed by atoms with E-state index in [1.807, 2.05) is 0 Å². The van der Waals surface area contributed by atoms with Crippen LogP contribution in [-0.4, -0.2) is 24.6 Å². The van der Waals surface area contributed by atoms with Crippen LogP contribution in [0.5, 0.6) is 0 Å². The van der Waals surface area contributed by atoms with Crippen molar-refractivity contribution in [3.05, 3.63) is 45.8 Å². The fraction of sp³-hybridized carbons (Fsp3) is 0.100. The van der Waals surface area contributed by atoms with E-state index in [1.165, 1.54) is 13.2 Å². The van der Waals surface area contributed by atoms with E-state index < -0.39 is 11.8 Å². The minimum atomic E-state index is -0.720. The number of nitroso groups, excluding NO2 is 2. The summed E-state index contributed by atoms with van der Waals surface area (Å²) >= 11 is 0. The molecule has 1 aliphatic heterocycles. The molecule has 9 nitrogen and oxygen atoms in total. The summed E-state index contributed by atoms with van der Waals surface area (Å²) in [4.78, 5) is 35.8. The number of methoxy groups -OCH3 is 1. The van der Waals surface area contributed by atoms with Crippen LogP contribution in [0.25, 0.3) is 0 Å². The summed E-state index contributed by atoms with van der Waals surface area (Å²) in [5.74, 6) is -1.36. The number of allylic oxidation sites excluding steroid dienone is 1. The second-order valence-electron chi connectivity index (χ2n) is 3.22. The zero-order chi connectivity index (χ0) is 14.4. The Morgan fingerprint density at radius 2 is 2.21 bits per heavy atom. The van der Waals surface area contributed by atoms with Gasteiger partial charge in [0.05, 0.1) is 12.8 Å². The van der Waals surface area contributed by atoms with E-state index in [0.717, 1.165) is 6.08 Å². The number of nitrogens with one attached hydrogen (secondary N) is 2. The largest absolute Gasteiger partial charge is 0.464 e. The van der Waals surface area contributed by atoms with Crippen molar-refractivity contribution in [2.45, 2.75) is 0 Å². The molecule has 9 heteroatoms. The molecule has 0 saturated heterocycles. The topological polar surface area (TPSA) is 133 Å². The fourth-order valence-corrected chi connectivity index (χ4v) is 1.14. The van der Waals surface area contributed by atoms with Crippen LogP contribution in [0.2, 0.25) is 0 Å². The van der Waals surface area contributed by atoms with Crippen LogP contribution in [0.3, 0.4) is 0 Å². The molecule has 0 aliphatic carbocycles. The molecule has 1 rings (SSSR count). The zero-order valence-corrected chi connectivity index (χ0v) is 9.84. The molecule has 0 aromatic heterocycles. The Labute approximate surface area is 107 Å². The van der Waals surface area contributed by atoms with Crippen molar-refractivity contribution in [2.75, 3.05) is 7.11 Å². The Kier molecular flexibility index (Phi) is 4.52. The SMILES string of the molecule is C=C(N=O)C1=N/C(=C/C(=N)N=O)NC(C(=O)OC)=C1. The number of aliphatic imine (C=N–C) groups is 1. The Morgan fingerprint density at radius 1 is 1.53 bits per heavy atom. The lowest BCUT2D eigenvalue weighted by molar-refractivity contribution is -0.136. The molecule has 0 aromatic rings. The maximum absolute atomic E-state index is 11.4. The van der Waals surface area contributed by atoms with Gasteiger partial charge in [0, 0.05) is 6.08 Å². The van der Waals surface area contributed by atoms with Gasteiger partial charge < -0.3 is 10.1 Å². The molecule has 0 amide bonds. The van der Waals surface area contributed by atoms with E-state index >= 15 is 0 Å². The van der Waals surface area contributed by atoms with Crippen LogP contribution in [0.4, 0.5) is 0 Å². The molecule has 98 valence electrons. The van der Waals surface area contributed by atoms with Crippen molar-refractivity contribution >= 4 is 17.5 Å². The Hall–Kier alpha value is -2.97. The average Bonchev–Trinajstić information content (AvgIpc) is 2.44. The van der Waals surface area contributed by atoms with Gasteiger partial charge in [0.1, 0.15) is 17.2 Å². The summed E-state index contributed by atoms with van der Waals surface area (Å²) in [6.45, 7) is 3.35. The van der Waals surface area contributed by atoms with Crippen molar-refractivity contribution in [3.8, 4) is 0 Å². The first kappa shape index (κ1) is 14.1. The van der Waals surface area contributed by atoms with Crippen molar-refractivity contribution in [3.63, 3.8) is 0 Å². The molecule has 1 heterocycles. The standard InChI is InChI=1S/C10H9N5O4/c1-5(14-17)6-3-7(10(16)19-2)13-9(12-6)4-8(11)15-18/h3-4,11,13H,1H2,2H3/b9-4-,11-8?. The van der Waals surface area contributed by atoms with Crippen LogP contribution in [0.15, 0.2) is 51.3 Å². The van der Waals surface area contributed by atoms with Gasteiger partial charge in [-0.1, -0.05) is 6.58 Å². The van der Waals surface area contributed by atoms with Gasteiger partial charge in [0.25, 0.3) is 0 Å². The normalized spacial score (nSPS) is 15.7. The maximum atomic E-state index is 11.4. The molecular formula is C10H9N5O4. The third-order valence-corrected chi connectivity index (χ3v) is 1.97. The molecule has 0 spiro atoms. The van der Waals surface area contributed by atoms with Gasteiger partial charge in [-0.15, -0.1) is 9.81 Å². The van der Waals surface area contributed by atoms with Crippen molar-refractivity contribution in [1.82, 2.24) is 5.32 Å². The molecule has 1 aliphatic rings. The first-order chi connectivity index (χ1) is 9.01. The molecule has 2 N–H and O–H groups in total. The number of rotatable bonds is 4. The van der Waals surface area contributed by atoms with Crippen molar-refractivity contribution in [2.24, 2.45) is 15.3 Å². The van der Waals surface area contributed by atoms with Crippen LogP contribution < -0.4 is 5.32 Å². The highest BCUT2D eigenvalue weighted by molar-refractivity contribution is 6.12. The number of amidine groups is 1. The number of nitrogens with zero attached hydrogens (tertiary/aromatic N) is 3. The molecule has 0 bridgehead atoms. The van der Waals surface area contributed by atoms with Crippen LogP contribution in [0, 0.1) is 15.2 Å². The van der Waals surface area contributed by atoms with Gasteiger partial charge in [-0.3, -0.25) is 5.41 Å². The summed E-state index contributed by atoms with van der Waals surface area (Å²) in [6, 6.07) is 0. The van der Waals surface area contributed by atoms with Crippen LogP contribution in [-0.2, 0) is 9.53 Å². The van der Waals surface area contributed by atoms with Crippen molar-refractivity contribution in [1.29, 1.82) is 5.41 Å². The zero-order valence-electron chi connectivity index (χ0n) is 9.84. The Morgan fingerprint density at radius 3 is 2.74 bits per heavy atom. The quantitative estimate of drug-likeness (QED) is 0.337. The summed E-state index contributed by atoms with van der Waals surface area (Å²) in [7, 11) is 1.17.